The van der Waals surface area contributed by atoms with Gasteiger partial charge in [-0.1, -0.05) is 46.3 Å². The van der Waals surface area contributed by atoms with E-state index in [1.54, 1.807) is 0 Å². The average Bonchev–Trinajstić information content (AvgIpc) is 2.81. The summed E-state index contributed by atoms with van der Waals surface area (Å²) in [6, 6.07) is 11.1. The molecule has 0 radical (unpaired) electrons. The third-order valence-corrected chi connectivity index (χ3v) is 6.49. The number of hydrogen-bond donors (Lipinski definition) is 0. The van der Waals surface area contributed by atoms with E-state index in [0.717, 1.165) is 11.8 Å². The van der Waals surface area contributed by atoms with Crippen LogP contribution in [0.15, 0.2) is 30.3 Å². The molecule has 1 heterocycles. The molecule has 1 aromatic carbocycles. The van der Waals surface area contributed by atoms with Gasteiger partial charge in [-0.2, -0.15) is 0 Å². The van der Waals surface area contributed by atoms with Crippen molar-refractivity contribution < 1.29 is 4.74 Å². The van der Waals surface area contributed by atoms with Gasteiger partial charge in [0, 0.05) is 4.83 Å². The molecule has 1 saturated heterocycles. The minimum atomic E-state index is 0.0972. The van der Waals surface area contributed by atoms with Crippen LogP contribution in [0.1, 0.15) is 63.9 Å². The molecule has 4 atom stereocenters. The molecule has 1 saturated carbocycles. The van der Waals surface area contributed by atoms with Crippen molar-refractivity contribution in [2.24, 2.45) is 5.92 Å². The van der Waals surface area contributed by atoms with E-state index >= 15 is 0 Å². The zero-order valence-corrected chi connectivity index (χ0v) is 14.8. The molecule has 1 aliphatic carbocycles. The van der Waals surface area contributed by atoms with Crippen LogP contribution in [0, 0.1) is 5.92 Å². The SMILES string of the molecule is CC1(C)CCC(CC2CC(c3ccccc3)CCC2Br)O1. The minimum absolute atomic E-state index is 0.0972. The Morgan fingerprint density at radius 3 is 2.57 bits per heavy atom. The average molecular weight is 351 g/mol. The number of halogens is 1. The normalized spacial score (nSPS) is 35.8. The molecule has 1 nitrogen and oxygen atoms in total. The number of rotatable bonds is 3. The summed E-state index contributed by atoms with van der Waals surface area (Å²) in [5, 5.41) is 0. The van der Waals surface area contributed by atoms with Gasteiger partial charge in [-0.05, 0) is 69.8 Å². The van der Waals surface area contributed by atoms with Gasteiger partial charge in [0.15, 0.2) is 0 Å². The lowest BCUT2D eigenvalue weighted by atomic mass is 9.76. The molecule has 1 aromatic rings. The van der Waals surface area contributed by atoms with E-state index in [9.17, 15) is 0 Å². The van der Waals surface area contributed by atoms with E-state index in [4.69, 9.17) is 4.74 Å². The molecule has 116 valence electrons. The van der Waals surface area contributed by atoms with Gasteiger partial charge in [-0.25, -0.2) is 0 Å². The first kappa shape index (κ1) is 15.6. The van der Waals surface area contributed by atoms with Crippen molar-refractivity contribution in [2.75, 3.05) is 0 Å². The topological polar surface area (TPSA) is 9.23 Å². The van der Waals surface area contributed by atoms with Crippen molar-refractivity contribution in [1.82, 2.24) is 0 Å². The molecule has 2 fully saturated rings. The van der Waals surface area contributed by atoms with Gasteiger partial charge >= 0.3 is 0 Å². The maximum atomic E-state index is 6.22. The second kappa shape index (κ2) is 6.42. The Bertz CT molecular complexity index is 456. The minimum Gasteiger partial charge on any atom is -0.372 e. The Labute approximate surface area is 137 Å². The third kappa shape index (κ3) is 3.90. The fourth-order valence-corrected chi connectivity index (χ4v) is 4.78. The highest BCUT2D eigenvalue weighted by atomic mass is 79.9. The van der Waals surface area contributed by atoms with Crippen molar-refractivity contribution >= 4 is 15.9 Å². The number of alkyl halides is 1. The Kier molecular flexibility index (Phi) is 4.75. The van der Waals surface area contributed by atoms with Gasteiger partial charge in [0.05, 0.1) is 11.7 Å². The summed E-state index contributed by atoms with van der Waals surface area (Å²) in [6.07, 6.45) is 8.05. The van der Waals surface area contributed by atoms with Crippen LogP contribution in [0.3, 0.4) is 0 Å². The molecule has 3 rings (SSSR count). The van der Waals surface area contributed by atoms with Gasteiger partial charge in [0.25, 0.3) is 0 Å². The third-order valence-electron chi connectivity index (χ3n) is 5.28. The maximum absolute atomic E-state index is 6.22. The second-order valence-electron chi connectivity index (χ2n) is 7.47. The van der Waals surface area contributed by atoms with Gasteiger partial charge in [-0.15, -0.1) is 0 Å². The second-order valence-corrected chi connectivity index (χ2v) is 8.65. The highest BCUT2D eigenvalue weighted by Gasteiger charge is 2.36. The highest BCUT2D eigenvalue weighted by Crippen LogP contribution is 2.43. The van der Waals surface area contributed by atoms with Crippen molar-refractivity contribution in [3.63, 3.8) is 0 Å². The lowest BCUT2D eigenvalue weighted by molar-refractivity contribution is -0.0263. The molecule has 1 aliphatic heterocycles. The summed E-state index contributed by atoms with van der Waals surface area (Å²) in [5.41, 5.74) is 1.62. The van der Waals surface area contributed by atoms with Crippen molar-refractivity contribution in [2.45, 2.75) is 74.8 Å². The Morgan fingerprint density at radius 1 is 1.14 bits per heavy atom. The van der Waals surface area contributed by atoms with Gasteiger partial charge in [0.2, 0.25) is 0 Å². The van der Waals surface area contributed by atoms with Gasteiger partial charge in [0.1, 0.15) is 0 Å². The lowest BCUT2D eigenvalue weighted by Crippen LogP contribution is -2.29. The van der Waals surface area contributed by atoms with E-state index < -0.39 is 0 Å². The monoisotopic (exact) mass is 350 g/mol. The smallest absolute Gasteiger partial charge is 0.0631 e. The molecule has 0 aromatic heterocycles. The van der Waals surface area contributed by atoms with Gasteiger partial charge < -0.3 is 4.74 Å². The van der Waals surface area contributed by atoms with Crippen molar-refractivity contribution in [3.05, 3.63) is 35.9 Å². The maximum Gasteiger partial charge on any atom is 0.0631 e. The Morgan fingerprint density at radius 2 is 1.90 bits per heavy atom. The zero-order valence-electron chi connectivity index (χ0n) is 13.2. The van der Waals surface area contributed by atoms with Crippen LogP contribution in [0.2, 0.25) is 0 Å². The molecule has 21 heavy (non-hydrogen) atoms. The molecule has 0 N–H and O–H groups in total. The number of ether oxygens (including phenoxy) is 1. The summed E-state index contributed by atoms with van der Waals surface area (Å²) < 4.78 is 6.22. The lowest BCUT2D eigenvalue weighted by Gasteiger charge is -2.35. The van der Waals surface area contributed by atoms with Crippen molar-refractivity contribution in [1.29, 1.82) is 0 Å². The van der Waals surface area contributed by atoms with Crippen LogP contribution in [-0.4, -0.2) is 16.5 Å². The quantitative estimate of drug-likeness (QED) is 0.637. The molecule has 2 heteroatoms. The first-order chi connectivity index (χ1) is 10.0. The van der Waals surface area contributed by atoms with E-state index in [1.807, 2.05) is 0 Å². The summed E-state index contributed by atoms with van der Waals surface area (Å²) in [7, 11) is 0. The summed E-state index contributed by atoms with van der Waals surface area (Å²) in [6.45, 7) is 4.46. The molecular formula is C19H27BrO. The molecule has 0 amide bonds. The first-order valence-corrected chi connectivity index (χ1v) is 9.32. The predicted molar refractivity (Wildman–Crippen MR) is 92.0 cm³/mol. The van der Waals surface area contributed by atoms with Crippen LogP contribution in [-0.2, 0) is 4.74 Å². The molecule has 2 aliphatic rings. The van der Waals surface area contributed by atoms with Crippen LogP contribution in [0.25, 0.3) is 0 Å². The van der Waals surface area contributed by atoms with E-state index in [-0.39, 0.29) is 5.60 Å². The molecule has 0 bridgehead atoms. The largest absolute Gasteiger partial charge is 0.372 e. The highest BCUT2D eigenvalue weighted by molar-refractivity contribution is 9.09. The van der Waals surface area contributed by atoms with Crippen molar-refractivity contribution in [3.8, 4) is 0 Å². The molecule has 0 spiro atoms. The fraction of sp³-hybridized carbons (Fsp3) is 0.684. The number of benzene rings is 1. The van der Waals surface area contributed by atoms with Crippen LogP contribution in [0.4, 0.5) is 0 Å². The summed E-state index contributed by atoms with van der Waals surface area (Å²) >= 11 is 3.94. The molecule has 4 unspecified atom stereocenters. The summed E-state index contributed by atoms with van der Waals surface area (Å²) in [4.78, 5) is 0.671. The zero-order chi connectivity index (χ0) is 14.9. The number of hydrogen-bond acceptors (Lipinski definition) is 1. The Balaban J connectivity index is 1.62. The predicted octanol–water partition coefficient (Wildman–Crippen LogP) is 5.68. The van der Waals surface area contributed by atoms with Crippen LogP contribution < -0.4 is 0 Å². The standard InChI is InChI=1S/C19H27BrO/c1-19(2)11-10-17(21-19)13-16-12-15(8-9-18(16)20)14-6-4-3-5-7-14/h3-7,15-18H,8-13H2,1-2H3. The Hall–Kier alpha value is -0.340. The molecular weight excluding hydrogens is 324 g/mol. The van der Waals surface area contributed by atoms with E-state index in [2.05, 4.69) is 60.1 Å². The van der Waals surface area contributed by atoms with Gasteiger partial charge in [-0.3, -0.25) is 0 Å². The first-order valence-electron chi connectivity index (χ1n) is 8.40. The fourth-order valence-electron chi connectivity index (χ4n) is 4.08. The van der Waals surface area contributed by atoms with E-state index in [1.165, 1.54) is 44.1 Å². The van der Waals surface area contributed by atoms with Crippen LogP contribution in [0.5, 0.6) is 0 Å². The summed E-state index contributed by atoms with van der Waals surface area (Å²) in [5.74, 6) is 1.49. The van der Waals surface area contributed by atoms with Crippen LogP contribution >= 0.6 is 15.9 Å². The van der Waals surface area contributed by atoms with E-state index in [0.29, 0.717) is 10.9 Å².